The van der Waals surface area contributed by atoms with Crippen molar-refractivity contribution in [1.82, 2.24) is 0 Å². The van der Waals surface area contributed by atoms with Crippen LogP contribution in [-0.4, -0.2) is 11.2 Å². The number of hydrogen-bond acceptors (Lipinski definition) is 3. The Morgan fingerprint density at radius 3 is 2.57 bits per heavy atom. The van der Waals surface area contributed by atoms with Crippen LogP contribution in [0.25, 0.3) is 27.6 Å². The summed E-state index contributed by atoms with van der Waals surface area (Å²) in [6, 6.07) is 13.6. The number of benzene rings is 3. The zero-order valence-electron chi connectivity index (χ0n) is 12.0. The highest BCUT2D eigenvalue weighted by atomic mass is 35.5. The summed E-state index contributed by atoms with van der Waals surface area (Å²) in [5.41, 5.74) is 2.61. The van der Waals surface area contributed by atoms with Gasteiger partial charge in [-0.1, -0.05) is 42.5 Å². The number of halogens is 1. The minimum Gasteiger partial charge on any atom is -0.420 e. The van der Waals surface area contributed by atoms with E-state index in [1.807, 2.05) is 12.1 Å². The van der Waals surface area contributed by atoms with Gasteiger partial charge in [-0.3, -0.25) is 4.79 Å². The Morgan fingerprint density at radius 2 is 1.74 bits per heavy atom. The Balaban J connectivity index is 1.85. The monoisotopic (exact) mass is 322 g/mol. The second-order valence-corrected chi connectivity index (χ2v) is 5.79. The fourth-order valence-electron chi connectivity index (χ4n) is 3.10. The first-order valence-corrected chi connectivity index (χ1v) is 7.58. The van der Waals surface area contributed by atoms with Crippen molar-refractivity contribution in [3.8, 4) is 5.75 Å². The van der Waals surface area contributed by atoms with Gasteiger partial charge in [0, 0.05) is 0 Å². The number of rotatable bonds is 2. The van der Waals surface area contributed by atoms with Crippen LogP contribution in [0.4, 0.5) is 0 Å². The SMILES string of the molecule is O=C(Cl)C(=O)Oc1ccc2c(ccc3c4c(ccc32)C=CC4)c1. The highest BCUT2D eigenvalue weighted by molar-refractivity contribution is 6.80. The standard InChI is InChI=1S/C19H11ClO3/c20-18(21)19(22)23-13-6-9-15-12(10-13)5-8-16-14-3-1-2-11(14)4-7-17(15)16/h1-2,4-10H,3H2. The molecule has 0 fully saturated rings. The number of ether oxygens (including phenoxy) is 1. The molecular weight excluding hydrogens is 312 g/mol. The molecule has 0 unspecified atom stereocenters. The second kappa shape index (κ2) is 5.21. The van der Waals surface area contributed by atoms with Crippen molar-refractivity contribution < 1.29 is 14.3 Å². The van der Waals surface area contributed by atoms with Crippen LogP contribution in [0.5, 0.6) is 5.75 Å². The van der Waals surface area contributed by atoms with E-state index in [2.05, 4.69) is 30.4 Å². The molecule has 0 saturated heterocycles. The lowest BCUT2D eigenvalue weighted by atomic mass is 9.96. The molecule has 3 nitrogen and oxygen atoms in total. The van der Waals surface area contributed by atoms with Gasteiger partial charge in [0.15, 0.2) is 0 Å². The third-order valence-electron chi connectivity index (χ3n) is 4.13. The van der Waals surface area contributed by atoms with E-state index in [1.54, 1.807) is 12.1 Å². The quantitative estimate of drug-likeness (QED) is 0.233. The van der Waals surface area contributed by atoms with Gasteiger partial charge in [0.2, 0.25) is 0 Å². The van der Waals surface area contributed by atoms with Gasteiger partial charge in [0.1, 0.15) is 5.75 Å². The van der Waals surface area contributed by atoms with E-state index >= 15 is 0 Å². The highest BCUT2D eigenvalue weighted by Crippen LogP contribution is 2.34. The zero-order chi connectivity index (χ0) is 16.0. The Hall–Kier alpha value is -2.65. The smallest absolute Gasteiger partial charge is 0.396 e. The van der Waals surface area contributed by atoms with E-state index in [9.17, 15) is 9.59 Å². The Labute approximate surface area is 137 Å². The van der Waals surface area contributed by atoms with Crippen LogP contribution >= 0.6 is 11.6 Å². The number of esters is 1. The number of carbonyl (C=O) groups excluding carboxylic acids is 2. The average molecular weight is 323 g/mol. The molecule has 0 N–H and O–H groups in total. The molecule has 0 aliphatic heterocycles. The van der Waals surface area contributed by atoms with Gasteiger partial charge in [-0.05, 0) is 62.8 Å². The molecule has 1 aliphatic carbocycles. The summed E-state index contributed by atoms with van der Waals surface area (Å²) in [5, 5.41) is 3.29. The number of fused-ring (bicyclic) bond motifs is 5. The Morgan fingerprint density at radius 1 is 0.957 bits per heavy atom. The maximum Gasteiger partial charge on any atom is 0.396 e. The largest absolute Gasteiger partial charge is 0.420 e. The van der Waals surface area contributed by atoms with Crippen molar-refractivity contribution in [1.29, 1.82) is 0 Å². The van der Waals surface area contributed by atoms with Gasteiger partial charge in [-0.15, -0.1) is 0 Å². The third-order valence-corrected chi connectivity index (χ3v) is 4.28. The molecule has 0 heterocycles. The van der Waals surface area contributed by atoms with E-state index in [0.717, 1.165) is 22.6 Å². The summed E-state index contributed by atoms with van der Waals surface area (Å²) in [6.07, 6.45) is 5.26. The average Bonchev–Trinajstić information content (AvgIpc) is 3.03. The molecular formula is C19H11ClO3. The summed E-state index contributed by atoms with van der Waals surface area (Å²) in [6.45, 7) is 0. The van der Waals surface area contributed by atoms with Gasteiger partial charge in [0.05, 0.1) is 0 Å². The van der Waals surface area contributed by atoms with E-state index in [1.165, 1.54) is 16.5 Å². The van der Waals surface area contributed by atoms with Crippen LogP contribution in [0.2, 0.25) is 0 Å². The van der Waals surface area contributed by atoms with E-state index < -0.39 is 11.2 Å². The van der Waals surface area contributed by atoms with Crippen LogP contribution in [0.1, 0.15) is 11.1 Å². The molecule has 0 atom stereocenters. The lowest BCUT2D eigenvalue weighted by molar-refractivity contribution is -0.143. The lowest BCUT2D eigenvalue weighted by Gasteiger charge is -2.10. The fraction of sp³-hybridized carbons (Fsp3) is 0.0526. The lowest BCUT2D eigenvalue weighted by Crippen LogP contribution is -2.14. The maximum absolute atomic E-state index is 11.3. The number of allylic oxidation sites excluding steroid dienone is 1. The molecule has 0 radical (unpaired) electrons. The predicted octanol–water partition coefficient (Wildman–Crippen LogP) is 4.23. The van der Waals surface area contributed by atoms with Gasteiger partial charge >= 0.3 is 11.2 Å². The first-order chi connectivity index (χ1) is 11.1. The topological polar surface area (TPSA) is 43.4 Å². The summed E-state index contributed by atoms with van der Waals surface area (Å²) >= 11 is 5.11. The zero-order valence-corrected chi connectivity index (χ0v) is 12.8. The first-order valence-electron chi connectivity index (χ1n) is 7.20. The van der Waals surface area contributed by atoms with Crippen LogP contribution in [-0.2, 0) is 16.0 Å². The molecule has 4 heteroatoms. The Kier molecular flexibility index (Phi) is 3.17. The van der Waals surface area contributed by atoms with Crippen LogP contribution in [0.3, 0.4) is 0 Å². The third kappa shape index (κ3) is 2.30. The molecule has 0 saturated carbocycles. The van der Waals surface area contributed by atoms with Crippen LogP contribution in [0, 0.1) is 0 Å². The summed E-state index contributed by atoms with van der Waals surface area (Å²) in [7, 11) is 0. The first kappa shape index (κ1) is 14.0. The van der Waals surface area contributed by atoms with Crippen molar-refractivity contribution in [2.24, 2.45) is 0 Å². The molecule has 1 aliphatic rings. The second-order valence-electron chi connectivity index (χ2n) is 5.45. The molecule has 0 aromatic heterocycles. The van der Waals surface area contributed by atoms with Crippen LogP contribution < -0.4 is 4.74 Å². The highest BCUT2D eigenvalue weighted by Gasteiger charge is 2.14. The van der Waals surface area contributed by atoms with Crippen molar-refractivity contribution in [2.75, 3.05) is 0 Å². The summed E-state index contributed by atoms with van der Waals surface area (Å²) < 4.78 is 4.94. The van der Waals surface area contributed by atoms with Gasteiger partial charge in [-0.25, -0.2) is 4.79 Å². The minimum absolute atomic E-state index is 0.304. The van der Waals surface area contributed by atoms with Crippen molar-refractivity contribution in [3.05, 3.63) is 59.7 Å². The van der Waals surface area contributed by atoms with Gasteiger partial charge in [0.25, 0.3) is 0 Å². The molecule has 3 aromatic carbocycles. The summed E-state index contributed by atoms with van der Waals surface area (Å²) in [5.74, 6) is -0.769. The molecule has 23 heavy (non-hydrogen) atoms. The van der Waals surface area contributed by atoms with Gasteiger partial charge < -0.3 is 4.74 Å². The van der Waals surface area contributed by atoms with Crippen molar-refractivity contribution >= 4 is 50.4 Å². The normalized spacial score (nSPS) is 12.6. The maximum atomic E-state index is 11.3. The molecule has 4 rings (SSSR count). The van der Waals surface area contributed by atoms with Crippen LogP contribution in [0.15, 0.2) is 48.5 Å². The predicted molar refractivity (Wildman–Crippen MR) is 90.7 cm³/mol. The van der Waals surface area contributed by atoms with Gasteiger partial charge in [-0.2, -0.15) is 0 Å². The molecule has 0 amide bonds. The van der Waals surface area contributed by atoms with E-state index in [-0.39, 0.29) is 0 Å². The fourth-order valence-corrected chi connectivity index (χ4v) is 3.14. The number of hydrogen-bond donors (Lipinski definition) is 0. The van der Waals surface area contributed by atoms with E-state index in [0.29, 0.717) is 5.75 Å². The minimum atomic E-state index is -1.13. The summed E-state index contributed by atoms with van der Waals surface area (Å²) in [4.78, 5) is 22.1. The molecule has 3 aromatic rings. The van der Waals surface area contributed by atoms with Crippen molar-refractivity contribution in [3.63, 3.8) is 0 Å². The molecule has 0 bridgehead atoms. The Bertz CT molecular complexity index is 1020. The van der Waals surface area contributed by atoms with Crippen molar-refractivity contribution in [2.45, 2.75) is 6.42 Å². The molecule has 112 valence electrons. The van der Waals surface area contributed by atoms with E-state index in [4.69, 9.17) is 16.3 Å². The molecule has 0 spiro atoms. The number of carbonyl (C=O) groups is 2.